The van der Waals surface area contributed by atoms with Crippen molar-refractivity contribution in [1.82, 2.24) is 63.0 Å². The Labute approximate surface area is 627 Å². The Morgan fingerprint density at radius 3 is 1.26 bits per heavy atom. The van der Waals surface area contributed by atoms with Gasteiger partial charge in [0, 0.05) is 37.7 Å². The highest BCUT2D eigenvalue weighted by atomic mass is 33.1. The number of nitrogens with one attached hydrogen (secondary N) is 10. The molecule has 33 nitrogen and oxygen atoms in total. The van der Waals surface area contributed by atoms with Crippen LogP contribution in [-0.2, 0) is 62.3 Å². The standard InChI is InChI=1S/C70H126N20O13S2/c1-15-41(13)54(71)65(100)87-51-35-105-104-34-50(56(72)91)86-61(96)46(30-37(5)6)83-60(95)45(29-36(3)4)81-57(92)43(21-17-25-77-69(73)74)79-59(94)47(31-38(7)8)84-64(99)52-23-19-27-89(52)68(103)53-24-20-28-90(53)67(102)49(33-40(11)12)85-66(101)55(42(14)16-2)88-62(97)48(32-39(9)10)82-58(93)44(80-63(51)98)22-18-26-78-70(75)76/h36-55H,15-35,71H2,1-14H3,(H2,72,91)(H,79,94)(H,80,98)(H,81,92)(H,82,93)(H,83,95)(H,84,99)(H,85,101)(H,86,96)(H,87,100)(H,88,97)(H4,73,74,77)(H4,75,76,78)/t41-,42-,43-,44-,45-,46-,47-,48-,49-,50-,51-,52-,53+,54-,55-/m0/s1. The molecule has 15 atom stereocenters. The fourth-order valence-electron chi connectivity index (χ4n) is 12.5. The number of hydrogen-bond donors (Lipinski definition) is 16. The van der Waals surface area contributed by atoms with Crippen molar-refractivity contribution >= 4 is 110 Å². The molecule has 0 saturated carbocycles. The van der Waals surface area contributed by atoms with Gasteiger partial charge in [-0.1, -0.05) is 131 Å². The summed E-state index contributed by atoms with van der Waals surface area (Å²) in [4.78, 5) is 200. The van der Waals surface area contributed by atoms with Crippen LogP contribution in [0, 0.1) is 41.4 Å². The van der Waals surface area contributed by atoms with Crippen LogP contribution in [0.3, 0.4) is 0 Å². The molecule has 3 heterocycles. The second kappa shape index (κ2) is 45.7. The Morgan fingerprint density at radius 2 is 0.829 bits per heavy atom. The van der Waals surface area contributed by atoms with Gasteiger partial charge in [-0.3, -0.25) is 72.3 Å². The summed E-state index contributed by atoms with van der Waals surface area (Å²) in [7, 11) is 2.02. The normalized spacial score (nSPS) is 26.5. The van der Waals surface area contributed by atoms with Gasteiger partial charge in [-0.05, 0) is 125 Å². The van der Waals surface area contributed by atoms with Crippen LogP contribution < -0.4 is 87.6 Å². The van der Waals surface area contributed by atoms with Gasteiger partial charge >= 0.3 is 0 Å². The van der Waals surface area contributed by atoms with Crippen molar-refractivity contribution in [3.8, 4) is 0 Å². The predicted octanol–water partition coefficient (Wildman–Crippen LogP) is -0.546. The van der Waals surface area contributed by atoms with Crippen LogP contribution in [0.15, 0.2) is 9.98 Å². The molecule has 0 aromatic heterocycles. The third-order valence-electron chi connectivity index (χ3n) is 18.7. The zero-order valence-corrected chi connectivity index (χ0v) is 65.9. The number of fused-ring (bicyclic) bond motifs is 2. The number of guanidine groups is 2. The van der Waals surface area contributed by atoms with Gasteiger partial charge in [0.05, 0.1) is 6.04 Å². The minimum absolute atomic E-state index is 0.0253. The van der Waals surface area contributed by atoms with Crippen LogP contribution in [0.4, 0.5) is 0 Å². The monoisotopic (exact) mass is 1520 g/mol. The molecule has 22 N–H and O–H groups in total. The molecule has 3 saturated heterocycles. The molecule has 0 aromatic rings. The lowest BCUT2D eigenvalue weighted by Crippen LogP contribution is -2.61. The highest BCUT2D eigenvalue weighted by molar-refractivity contribution is 8.76. The van der Waals surface area contributed by atoms with Crippen LogP contribution in [0.5, 0.6) is 0 Å². The number of nitrogens with two attached hydrogens (primary N) is 6. The van der Waals surface area contributed by atoms with Crippen molar-refractivity contribution in [1.29, 1.82) is 0 Å². The van der Waals surface area contributed by atoms with Crippen molar-refractivity contribution in [2.45, 2.75) is 272 Å². The van der Waals surface area contributed by atoms with Crippen LogP contribution in [-0.4, -0.2) is 215 Å². The van der Waals surface area contributed by atoms with Gasteiger partial charge in [0.15, 0.2) is 11.9 Å². The summed E-state index contributed by atoms with van der Waals surface area (Å²) in [5.41, 5.74) is 34.8. The lowest BCUT2D eigenvalue weighted by atomic mass is 9.95. The summed E-state index contributed by atoms with van der Waals surface area (Å²) >= 11 is 0. The maximum atomic E-state index is 15.1. The number of rotatable bonds is 25. The van der Waals surface area contributed by atoms with Crippen molar-refractivity contribution in [3.05, 3.63) is 0 Å². The first-order valence-corrected chi connectivity index (χ1v) is 39.8. The number of carbonyl (C=O) groups excluding carboxylic acids is 13. The summed E-state index contributed by atoms with van der Waals surface area (Å²) < 4.78 is 0. The molecule has 13 amide bonds. The Morgan fingerprint density at radius 1 is 0.457 bits per heavy atom. The Balaban J connectivity index is 2.29. The quantitative estimate of drug-likeness (QED) is 0.0236. The lowest BCUT2D eigenvalue weighted by Gasteiger charge is -2.34. The van der Waals surface area contributed by atoms with Crippen LogP contribution >= 0.6 is 21.6 Å². The van der Waals surface area contributed by atoms with E-state index in [0.29, 0.717) is 25.7 Å². The average Bonchev–Trinajstić information content (AvgIpc) is 1.69. The molecule has 35 heteroatoms. The maximum absolute atomic E-state index is 15.1. The van der Waals surface area contributed by atoms with Gasteiger partial charge in [-0.25, -0.2) is 0 Å². The topological polar surface area (TPSA) is 530 Å². The fourth-order valence-corrected chi connectivity index (χ4v) is 14.9. The molecule has 0 aliphatic carbocycles. The van der Waals surface area contributed by atoms with E-state index < -0.39 is 161 Å². The zero-order chi connectivity index (χ0) is 79.1. The van der Waals surface area contributed by atoms with Crippen LogP contribution in [0.2, 0.25) is 0 Å². The Kier molecular flexibility index (Phi) is 39.9. The van der Waals surface area contributed by atoms with Gasteiger partial charge < -0.3 is 97.4 Å². The number of primary amides is 1. The van der Waals surface area contributed by atoms with Crippen molar-refractivity contribution in [2.24, 2.45) is 85.8 Å². The van der Waals surface area contributed by atoms with Gasteiger partial charge in [-0.2, -0.15) is 0 Å². The summed E-state index contributed by atoms with van der Waals surface area (Å²) in [6.07, 6.45) is 2.70. The first kappa shape index (κ1) is 91.5. The van der Waals surface area contributed by atoms with Gasteiger partial charge in [-0.15, -0.1) is 0 Å². The second-order valence-electron chi connectivity index (χ2n) is 30.2. The predicted molar refractivity (Wildman–Crippen MR) is 407 cm³/mol. The molecule has 596 valence electrons. The van der Waals surface area contributed by atoms with Crippen molar-refractivity contribution < 1.29 is 62.3 Å². The molecule has 0 bridgehead atoms. The van der Waals surface area contributed by atoms with E-state index in [1.165, 1.54) is 9.80 Å². The summed E-state index contributed by atoms with van der Waals surface area (Å²) in [6.45, 7) is 25.8. The largest absolute Gasteiger partial charge is 0.370 e. The minimum Gasteiger partial charge on any atom is -0.370 e. The SMILES string of the molecule is CC[C@H](C)[C@H](N)C(=O)N[C@H]1CSSC[C@@H](C(N)=O)NC(=O)[C@H](CC(C)C)NC(=O)[C@H](CC(C)C)NC(=O)[C@H](CCCN=C(N)N)NC(=O)[C@H](CC(C)C)NC(=O)[C@@H]2CCCN2C(=O)[C@H]2CCCN2C(=O)[C@H](CC(C)C)NC(=O)[C@H]([C@@H](C)CC)NC(=O)[C@H](CC(C)C)NC(=O)[C@H](CCCN=C(N)N)NC1=O. The van der Waals surface area contributed by atoms with Crippen LogP contribution in [0.25, 0.3) is 0 Å². The number of nitrogens with zero attached hydrogens (tertiary/aromatic N) is 4. The van der Waals surface area contributed by atoms with Crippen LogP contribution in [0.1, 0.15) is 193 Å². The van der Waals surface area contributed by atoms with Gasteiger partial charge in [0.1, 0.15) is 72.5 Å². The number of aliphatic imine (C=N–C) groups is 2. The van der Waals surface area contributed by atoms with Crippen molar-refractivity contribution in [3.63, 3.8) is 0 Å². The highest BCUT2D eigenvalue weighted by Crippen LogP contribution is 2.28. The van der Waals surface area contributed by atoms with E-state index >= 15 is 4.79 Å². The average molecular weight is 1520 g/mol. The molecule has 0 aromatic carbocycles. The highest BCUT2D eigenvalue weighted by Gasteiger charge is 2.46. The summed E-state index contributed by atoms with van der Waals surface area (Å²) in [5, 5.41) is 27.9. The molecular formula is C70H126N20O13S2. The Hall–Kier alpha value is -7.69. The molecule has 3 aliphatic rings. The van der Waals surface area contributed by atoms with E-state index in [0.717, 1.165) is 21.6 Å². The third-order valence-corrected chi connectivity index (χ3v) is 21.1. The minimum atomic E-state index is -1.40. The third kappa shape index (κ3) is 31.3. The summed E-state index contributed by atoms with van der Waals surface area (Å²) in [6, 6.07) is -16.3. The zero-order valence-electron chi connectivity index (χ0n) is 64.3. The molecule has 3 aliphatic heterocycles. The van der Waals surface area contributed by atoms with E-state index in [2.05, 4.69) is 63.2 Å². The van der Waals surface area contributed by atoms with E-state index in [1.54, 1.807) is 27.7 Å². The first-order chi connectivity index (χ1) is 49.3. The van der Waals surface area contributed by atoms with Gasteiger partial charge in [0.2, 0.25) is 76.8 Å². The molecule has 0 radical (unpaired) electrons. The Bertz CT molecular complexity index is 2990. The van der Waals surface area contributed by atoms with E-state index in [9.17, 15) is 57.5 Å². The lowest BCUT2D eigenvalue weighted by molar-refractivity contribution is -0.148. The molecule has 3 fully saturated rings. The van der Waals surface area contributed by atoms with E-state index in [1.807, 2.05) is 69.2 Å². The number of carbonyl (C=O) groups is 13. The maximum Gasteiger partial charge on any atom is 0.246 e. The fraction of sp³-hybridized carbons (Fsp3) is 0.786. The molecule has 0 spiro atoms. The molecule has 105 heavy (non-hydrogen) atoms. The van der Waals surface area contributed by atoms with E-state index in [-0.39, 0.29) is 156 Å². The molecule has 0 unspecified atom stereocenters. The van der Waals surface area contributed by atoms with Gasteiger partial charge in [0.25, 0.3) is 0 Å². The molecular weight excluding hydrogens is 1390 g/mol. The molecule has 3 rings (SSSR count). The first-order valence-electron chi connectivity index (χ1n) is 37.3. The second-order valence-corrected chi connectivity index (χ2v) is 32.8. The smallest absolute Gasteiger partial charge is 0.246 e. The number of hydrogen-bond acceptors (Lipinski definition) is 18. The van der Waals surface area contributed by atoms with Crippen molar-refractivity contribution in [2.75, 3.05) is 37.7 Å². The van der Waals surface area contributed by atoms with E-state index in [4.69, 9.17) is 34.4 Å². The number of amides is 13. The summed E-state index contributed by atoms with van der Waals surface area (Å²) in [5.74, 6) is -12.3.